The summed E-state index contributed by atoms with van der Waals surface area (Å²) in [5, 5.41) is 9.93. The van der Waals surface area contributed by atoms with Gasteiger partial charge in [0, 0.05) is 0 Å². The van der Waals surface area contributed by atoms with Gasteiger partial charge in [-0.25, -0.2) is 0 Å². The summed E-state index contributed by atoms with van der Waals surface area (Å²) in [4.78, 5) is 24.4. The fraction of sp³-hybridized carbons (Fsp3) is 0.900. The smallest absolute Gasteiger partial charge is 0.309 e. The van der Waals surface area contributed by atoms with Crippen LogP contribution in [-0.2, 0) is 14.3 Å². The molecule has 4 nitrogen and oxygen atoms in total. The first kappa shape index (κ1) is 16.4. The number of carbonyl (C=O) groups is 2. The maximum absolute atomic E-state index is 12.3. The minimum atomic E-state index is -0.627. The van der Waals surface area contributed by atoms with Gasteiger partial charge in [0.1, 0.15) is 5.60 Å². The molecule has 6 atom stereocenters. The van der Waals surface area contributed by atoms with E-state index >= 15 is 0 Å². The molecule has 3 saturated carbocycles. The van der Waals surface area contributed by atoms with Crippen LogP contribution >= 0.6 is 0 Å². The molecule has 1 N–H and O–H groups in total. The zero-order valence-electron chi connectivity index (χ0n) is 15.2. The van der Waals surface area contributed by atoms with Crippen molar-refractivity contribution in [3.05, 3.63) is 0 Å². The van der Waals surface area contributed by atoms with Gasteiger partial charge in [-0.05, 0) is 81.5 Å². The Kier molecular flexibility index (Phi) is 3.26. The van der Waals surface area contributed by atoms with E-state index in [2.05, 4.69) is 13.8 Å². The van der Waals surface area contributed by atoms with E-state index in [1.165, 1.54) is 0 Å². The van der Waals surface area contributed by atoms with Crippen LogP contribution in [0.25, 0.3) is 0 Å². The van der Waals surface area contributed by atoms with Crippen molar-refractivity contribution >= 4 is 11.9 Å². The molecular weight excluding hydrogens is 304 g/mol. The Balaban J connectivity index is 1.75. The van der Waals surface area contributed by atoms with Gasteiger partial charge in [-0.3, -0.25) is 9.59 Å². The molecule has 4 heteroatoms. The molecule has 1 aliphatic heterocycles. The zero-order chi connectivity index (χ0) is 17.4. The fourth-order valence-corrected chi connectivity index (χ4v) is 7.63. The average molecular weight is 334 g/mol. The van der Waals surface area contributed by atoms with E-state index in [9.17, 15) is 14.7 Å². The monoisotopic (exact) mass is 334 g/mol. The lowest BCUT2D eigenvalue weighted by Crippen LogP contribution is -2.63. The molecule has 134 valence electrons. The highest BCUT2D eigenvalue weighted by Crippen LogP contribution is 2.70. The molecule has 4 fully saturated rings. The van der Waals surface area contributed by atoms with Crippen LogP contribution in [-0.4, -0.2) is 22.6 Å². The second-order valence-electron chi connectivity index (χ2n) is 9.90. The van der Waals surface area contributed by atoms with Gasteiger partial charge < -0.3 is 9.84 Å². The largest absolute Gasteiger partial charge is 0.481 e. The van der Waals surface area contributed by atoms with Crippen molar-refractivity contribution in [2.45, 2.75) is 84.2 Å². The third kappa shape index (κ3) is 1.97. The summed E-state index contributed by atoms with van der Waals surface area (Å²) in [5.74, 6) is 0.0308. The van der Waals surface area contributed by atoms with Crippen LogP contribution in [0.4, 0.5) is 0 Å². The lowest BCUT2D eigenvalue weighted by Gasteiger charge is -2.66. The summed E-state index contributed by atoms with van der Waals surface area (Å²) in [6.45, 7) is 6.41. The van der Waals surface area contributed by atoms with Gasteiger partial charge in [0.2, 0.25) is 0 Å². The highest BCUT2D eigenvalue weighted by Gasteiger charge is 2.66. The molecular formula is C20H30O4. The molecule has 4 rings (SSSR count). The number of rotatable bonds is 1. The van der Waals surface area contributed by atoms with E-state index in [0.717, 1.165) is 51.4 Å². The van der Waals surface area contributed by atoms with Gasteiger partial charge >= 0.3 is 11.9 Å². The summed E-state index contributed by atoms with van der Waals surface area (Å²) in [6, 6.07) is 0. The normalized spacial score (nSPS) is 53.5. The molecule has 0 aromatic heterocycles. The maximum atomic E-state index is 12.3. The Morgan fingerprint density at radius 3 is 2.50 bits per heavy atom. The van der Waals surface area contributed by atoms with Crippen molar-refractivity contribution in [3.8, 4) is 0 Å². The second-order valence-corrected chi connectivity index (χ2v) is 9.90. The number of aliphatic carboxylic acids is 1. The Hall–Kier alpha value is -1.06. The average Bonchev–Trinajstić information content (AvgIpc) is 2.44. The number of carboxylic acid groups (broad SMARTS) is 1. The lowest BCUT2D eigenvalue weighted by molar-refractivity contribution is -0.230. The van der Waals surface area contributed by atoms with Crippen molar-refractivity contribution < 1.29 is 19.4 Å². The summed E-state index contributed by atoms with van der Waals surface area (Å²) in [6.07, 6.45) is 8.35. The molecule has 1 spiro atoms. The number of carboxylic acids is 1. The maximum Gasteiger partial charge on any atom is 0.309 e. The van der Waals surface area contributed by atoms with E-state index < -0.39 is 11.4 Å². The first-order chi connectivity index (χ1) is 11.1. The molecule has 2 bridgehead atoms. The highest BCUT2D eigenvalue weighted by atomic mass is 16.6. The summed E-state index contributed by atoms with van der Waals surface area (Å²) in [5.41, 5.74) is -0.808. The second kappa shape index (κ2) is 4.76. The van der Waals surface area contributed by atoms with Crippen LogP contribution in [0.1, 0.15) is 78.6 Å². The van der Waals surface area contributed by atoms with Gasteiger partial charge in [-0.1, -0.05) is 13.3 Å². The summed E-state index contributed by atoms with van der Waals surface area (Å²) >= 11 is 0. The Morgan fingerprint density at radius 2 is 1.79 bits per heavy atom. The fourth-order valence-electron chi connectivity index (χ4n) is 7.63. The van der Waals surface area contributed by atoms with Crippen LogP contribution in [0.3, 0.4) is 0 Å². The van der Waals surface area contributed by atoms with Gasteiger partial charge in [0.25, 0.3) is 0 Å². The van der Waals surface area contributed by atoms with Crippen molar-refractivity contribution in [2.24, 2.45) is 28.1 Å². The minimum Gasteiger partial charge on any atom is -0.481 e. The standard InChI is InChI=1S/C20H30O4/c1-17-9-5-14-18(2)7-4-8-19(3,16(22)23)13(18)6-10-20(14,12-17)11-15(21)24-17/h13-14H,4-12H2,1-3H3,(H,22,23)/t13?,14?,17-,18+,19+,20-/m0/s1. The topological polar surface area (TPSA) is 63.6 Å². The van der Waals surface area contributed by atoms with E-state index in [1.807, 2.05) is 6.92 Å². The SMILES string of the molecule is C[C@@]12CCC3[C@@](CCC4[C@@]3(C)CCC[C@@]4(C)C(=O)O)(CC(=O)O1)C2. The van der Waals surface area contributed by atoms with Crippen molar-refractivity contribution in [1.82, 2.24) is 0 Å². The number of hydrogen-bond donors (Lipinski definition) is 1. The molecule has 4 aliphatic rings. The van der Waals surface area contributed by atoms with Crippen molar-refractivity contribution in [2.75, 3.05) is 0 Å². The van der Waals surface area contributed by atoms with Gasteiger partial charge in [0.05, 0.1) is 11.8 Å². The minimum absolute atomic E-state index is 0.0349. The van der Waals surface area contributed by atoms with Gasteiger partial charge in [-0.2, -0.15) is 0 Å². The van der Waals surface area contributed by atoms with E-state index in [0.29, 0.717) is 12.3 Å². The number of hydrogen-bond acceptors (Lipinski definition) is 3. The zero-order valence-corrected chi connectivity index (χ0v) is 15.2. The molecule has 24 heavy (non-hydrogen) atoms. The van der Waals surface area contributed by atoms with E-state index in [1.54, 1.807) is 0 Å². The van der Waals surface area contributed by atoms with E-state index in [4.69, 9.17) is 4.74 Å². The van der Waals surface area contributed by atoms with Crippen LogP contribution in [0.2, 0.25) is 0 Å². The van der Waals surface area contributed by atoms with Gasteiger partial charge in [-0.15, -0.1) is 0 Å². The van der Waals surface area contributed by atoms with Crippen LogP contribution in [0.15, 0.2) is 0 Å². The predicted octanol–water partition coefficient (Wildman–Crippen LogP) is 4.17. The number of fused-ring (bicyclic) bond motifs is 3. The van der Waals surface area contributed by atoms with Crippen LogP contribution in [0.5, 0.6) is 0 Å². The molecule has 3 aliphatic carbocycles. The third-order valence-electron chi connectivity index (χ3n) is 8.48. The Labute approximate surface area is 144 Å². The lowest BCUT2D eigenvalue weighted by atomic mass is 9.39. The molecule has 0 radical (unpaired) electrons. The van der Waals surface area contributed by atoms with E-state index in [-0.39, 0.29) is 28.3 Å². The predicted molar refractivity (Wildman–Crippen MR) is 89.3 cm³/mol. The molecule has 1 saturated heterocycles. The number of esters is 1. The third-order valence-corrected chi connectivity index (χ3v) is 8.48. The Bertz CT molecular complexity index is 600. The molecule has 1 heterocycles. The summed E-state index contributed by atoms with van der Waals surface area (Å²) < 4.78 is 5.70. The Morgan fingerprint density at radius 1 is 1.08 bits per heavy atom. The molecule has 2 unspecified atom stereocenters. The quantitative estimate of drug-likeness (QED) is 0.731. The van der Waals surface area contributed by atoms with Crippen LogP contribution in [0, 0.1) is 28.1 Å². The first-order valence-electron chi connectivity index (χ1n) is 9.59. The van der Waals surface area contributed by atoms with Crippen molar-refractivity contribution in [1.29, 1.82) is 0 Å². The highest BCUT2D eigenvalue weighted by molar-refractivity contribution is 5.75. The van der Waals surface area contributed by atoms with Gasteiger partial charge in [0.15, 0.2) is 0 Å². The molecule has 0 amide bonds. The van der Waals surface area contributed by atoms with Crippen LogP contribution < -0.4 is 0 Å². The van der Waals surface area contributed by atoms with Crippen molar-refractivity contribution in [3.63, 3.8) is 0 Å². The number of carbonyl (C=O) groups excluding carboxylic acids is 1. The molecule has 0 aromatic carbocycles. The number of ether oxygens (including phenoxy) is 1. The molecule has 0 aromatic rings. The first-order valence-corrected chi connectivity index (χ1v) is 9.59. The summed E-state index contributed by atoms with van der Waals surface area (Å²) in [7, 11) is 0.